The van der Waals surface area contributed by atoms with Crippen molar-refractivity contribution >= 4 is 23.4 Å². The second-order valence-corrected chi connectivity index (χ2v) is 6.42. The first-order chi connectivity index (χ1) is 9.74. The average molecular weight is 308 g/mol. The Morgan fingerprint density at radius 1 is 1.25 bits per heavy atom. The lowest BCUT2D eigenvalue weighted by Crippen LogP contribution is -2.24. The number of thioether (sulfide) groups is 1. The molecule has 1 aliphatic rings. The van der Waals surface area contributed by atoms with Crippen molar-refractivity contribution < 1.29 is 4.39 Å². The van der Waals surface area contributed by atoms with Crippen molar-refractivity contribution in [1.29, 1.82) is 0 Å². The fourth-order valence-corrected chi connectivity index (χ4v) is 3.74. The first-order valence-electron chi connectivity index (χ1n) is 6.63. The first kappa shape index (κ1) is 13.9. The van der Waals surface area contributed by atoms with Crippen LogP contribution in [-0.2, 0) is 6.54 Å². The maximum atomic E-state index is 13.6. The van der Waals surface area contributed by atoms with Crippen molar-refractivity contribution in [3.05, 3.63) is 64.4 Å². The van der Waals surface area contributed by atoms with E-state index in [1.54, 1.807) is 6.07 Å². The quantitative estimate of drug-likeness (QED) is 0.873. The van der Waals surface area contributed by atoms with Gasteiger partial charge in [-0.3, -0.25) is 0 Å². The molecule has 0 radical (unpaired) electrons. The van der Waals surface area contributed by atoms with E-state index >= 15 is 0 Å². The number of hydrogen-bond acceptors (Lipinski definition) is 2. The summed E-state index contributed by atoms with van der Waals surface area (Å²) in [6, 6.07) is 13.1. The minimum Gasteiger partial charge on any atom is -0.306 e. The van der Waals surface area contributed by atoms with Crippen molar-refractivity contribution in [3.63, 3.8) is 0 Å². The molecule has 0 aromatic heterocycles. The van der Waals surface area contributed by atoms with Crippen molar-refractivity contribution in [1.82, 2.24) is 5.32 Å². The molecule has 0 bridgehead atoms. The molecule has 104 valence electrons. The van der Waals surface area contributed by atoms with E-state index in [0.29, 0.717) is 12.1 Å². The lowest BCUT2D eigenvalue weighted by molar-refractivity contribution is 0.497. The molecule has 1 unspecified atom stereocenters. The molecule has 1 heterocycles. The van der Waals surface area contributed by atoms with Gasteiger partial charge in [-0.25, -0.2) is 4.39 Å². The van der Waals surface area contributed by atoms with Crippen molar-refractivity contribution in [2.24, 2.45) is 0 Å². The van der Waals surface area contributed by atoms with Crippen LogP contribution in [0, 0.1) is 5.82 Å². The molecule has 0 amide bonds. The van der Waals surface area contributed by atoms with Crippen molar-refractivity contribution in [3.8, 4) is 0 Å². The average Bonchev–Trinajstić information content (AvgIpc) is 2.46. The molecule has 1 N–H and O–H groups in total. The van der Waals surface area contributed by atoms with Gasteiger partial charge in [-0.2, -0.15) is 0 Å². The van der Waals surface area contributed by atoms with Crippen LogP contribution < -0.4 is 5.32 Å². The predicted molar refractivity (Wildman–Crippen MR) is 82.8 cm³/mol. The number of benzene rings is 2. The van der Waals surface area contributed by atoms with Crippen LogP contribution in [0.5, 0.6) is 0 Å². The fourth-order valence-electron chi connectivity index (χ4n) is 2.45. The molecule has 20 heavy (non-hydrogen) atoms. The van der Waals surface area contributed by atoms with Crippen molar-refractivity contribution in [2.45, 2.75) is 23.9 Å². The highest BCUT2D eigenvalue weighted by molar-refractivity contribution is 7.99. The molecule has 3 rings (SSSR count). The predicted octanol–water partition coefficient (Wildman–Crippen LogP) is 4.81. The molecule has 2 aromatic rings. The third-order valence-electron chi connectivity index (χ3n) is 3.51. The van der Waals surface area contributed by atoms with E-state index in [1.807, 2.05) is 36.0 Å². The summed E-state index contributed by atoms with van der Waals surface area (Å²) in [5, 5.41) is 4.20. The number of halogens is 2. The highest BCUT2D eigenvalue weighted by atomic mass is 35.5. The zero-order valence-corrected chi connectivity index (χ0v) is 12.5. The maximum Gasteiger partial charge on any atom is 0.127 e. The van der Waals surface area contributed by atoms with Crippen molar-refractivity contribution in [2.75, 3.05) is 5.75 Å². The maximum absolute atomic E-state index is 13.6. The summed E-state index contributed by atoms with van der Waals surface area (Å²) in [5.74, 6) is 0.917. The summed E-state index contributed by atoms with van der Waals surface area (Å²) >= 11 is 7.94. The number of hydrogen-bond donors (Lipinski definition) is 1. The molecule has 0 saturated carbocycles. The summed E-state index contributed by atoms with van der Waals surface area (Å²) < 4.78 is 13.6. The van der Waals surface area contributed by atoms with Gasteiger partial charge < -0.3 is 5.32 Å². The first-order valence-corrected chi connectivity index (χ1v) is 7.99. The smallest absolute Gasteiger partial charge is 0.127 e. The van der Waals surface area contributed by atoms with E-state index in [-0.39, 0.29) is 11.9 Å². The number of rotatable bonds is 3. The third-order valence-corrected chi connectivity index (χ3v) is 4.87. The van der Waals surface area contributed by atoms with E-state index in [2.05, 4.69) is 11.4 Å². The van der Waals surface area contributed by atoms with Crippen LogP contribution >= 0.6 is 23.4 Å². The summed E-state index contributed by atoms with van der Waals surface area (Å²) in [4.78, 5) is 1.27. The van der Waals surface area contributed by atoms with E-state index in [1.165, 1.54) is 16.5 Å². The highest BCUT2D eigenvalue weighted by Gasteiger charge is 2.20. The molecule has 1 aliphatic heterocycles. The van der Waals surface area contributed by atoms with Crippen LogP contribution in [0.2, 0.25) is 5.02 Å². The molecule has 0 spiro atoms. The van der Waals surface area contributed by atoms with Gasteiger partial charge in [-0.05, 0) is 42.0 Å². The lowest BCUT2D eigenvalue weighted by atomic mass is 10.0. The molecular weight excluding hydrogens is 293 g/mol. The Balaban J connectivity index is 1.77. The monoisotopic (exact) mass is 307 g/mol. The zero-order valence-electron chi connectivity index (χ0n) is 10.9. The summed E-state index contributed by atoms with van der Waals surface area (Å²) in [5.41, 5.74) is 1.93. The highest BCUT2D eigenvalue weighted by Crippen LogP contribution is 2.37. The summed E-state index contributed by atoms with van der Waals surface area (Å²) in [7, 11) is 0. The Hall–Kier alpha value is -1.03. The van der Waals surface area contributed by atoms with Crippen LogP contribution in [0.25, 0.3) is 0 Å². The van der Waals surface area contributed by atoms with Gasteiger partial charge in [0.05, 0.1) is 0 Å². The van der Waals surface area contributed by atoms with E-state index in [9.17, 15) is 4.39 Å². The minimum atomic E-state index is -0.156. The Labute approximate surface area is 127 Å². The van der Waals surface area contributed by atoms with Gasteiger partial charge in [0.15, 0.2) is 0 Å². The van der Waals surface area contributed by atoms with Gasteiger partial charge in [0.1, 0.15) is 5.82 Å². The van der Waals surface area contributed by atoms with E-state index in [0.717, 1.165) is 17.2 Å². The molecule has 2 aromatic carbocycles. The minimum absolute atomic E-state index is 0.156. The zero-order chi connectivity index (χ0) is 13.9. The molecule has 1 atom stereocenters. The van der Waals surface area contributed by atoms with Crippen LogP contribution in [0.4, 0.5) is 4.39 Å². The Kier molecular flexibility index (Phi) is 4.29. The second kappa shape index (κ2) is 6.17. The topological polar surface area (TPSA) is 12.0 Å². The normalized spacial score (nSPS) is 17.8. The summed E-state index contributed by atoms with van der Waals surface area (Å²) in [6.45, 7) is 0.536. The largest absolute Gasteiger partial charge is 0.306 e. The molecular formula is C16H15ClFNS. The molecule has 1 nitrogen and oxygen atoms in total. The number of nitrogens with one attached hydrogen (secondary N) is 1. The van der Waals surface area contributed by atoms with Crippen LogP contribution in [0.15, 0.2) is 47.4 Å². The molecule has 4 heteroatoms. The van der Waals surface area contributed by atoms with Gasteiger partial charge in [0.25, 0.3) is 0 Å². The van der Waals surface area contributed by atoms with Crippen LogP contribution in [-0.4, -0.2) is 5.75 Å². The van der Waals surface area contributed by atoms with Crippen LogP contribution in [0.3, 0.4) is 0 Å². The van der Waals surface area contributed by atoms with Gasteiger partial charge >= 0.3 is 0 Å². The Bertz CT molecular complexity index is 617. The fraction of sp³-hybridized carbons (Fsp3) is 0.250. The van der Waals surface area contributed by atoms with Gasteiger partial charge in [0.2, 0.25) is 0 Å². The third kappa shape index (κ3) is 3.00. The molecule has 0 saturated heterocycles. The van der Waals surface area contributed by atoms with E-state index < -0.39 is 0 Å². The van der Waals surface area contributed by atoms with Gasteiger partial charge in [-0.15, -0.1) is 11.8 Å². The Morgan fingerprint density at radius 2 is 2.10 bits per heavy atom. The SMILES string of the molecule is Fc1ccccc1CNC1CCSc2ccc(Cl)cc21. The second-order valence-electron chi connectivity index (χ2n) is 4.84. The standard InChI is InChI=1S/C16H15ClFNS/c17-12-5-6-16-13(9-12)15(7-8-20-16)19-10-11-3-1-2-4-14(11)18/h1-6,9,15,19H,7-8,10H2. The van der Waals surface area contributed by atoms with E-state index in [4.69, 9.17) is 11.6 Å². The molecule has 0 fully saturated rings. The molecule has 0 aliphatic carbocycles. The van der Waals surface area contributed by atoms with Gasteiger partial charge in [-0.1, -0.05) is 29.8 Å². The number of fused-ring (bicyclic) bond motifs is 1. The Morgan fingerprint density at radius 3 is 2.95 bits per heavy atom. The lowest BCUT2D eigenvalue weighted by Gasteiger charge is -2.26. The summed E-state index contributed by atoms with van der Waals surface area (Å²) in [6.07, 6.45) is 1.03. The van der Waals surface area contributed by atoms with Gasteiger partial charge in [0, 0.05) is 28.1 Å². The van der Waals surface area contributed by atoms with Crippen LogP contribution in [0.1, 0.15) is 23.6 Å².